The molecule has 6 nitrogen and oxygen atoms in total. The Bertz CT molecular complexity index is 184. The van der Waals surface area contributed by atoms with Gasteiger partial charge in [0.15, 0.2) is 0 Å². The van der Waals surface area contributed by atoms with Crippen LogP contribution >= 0.6 is 0 Å². The summed E-state index contributed by atoms with van der Waals surface area (Å²) in [6.07, 6.45) is 0. The van der Waals surface area contributed by atoms with E-state index in [1.165, 1.54) is 6.07 Å². The van der Waals surface area contributed by atoms with Crippen molar-refractivity contribution in [2.75, 3.05) is 6.54 Å². The first-order chi connectivity index (χ1) is 4.59. The number of urea groups is 1. The minimum absolute atomic E-state index is 0.319. The van der Waals surface area contributed by atoms with E-state index in [2.05, 4.69) is 5.73 Å². The molecule has 0 fully saturated rings. The van der Waals surface area contributed by atoms with E-state index in [1.807, 2.05) is 0 Å². The summed E-state index contributed by atoms with van der Waals surface area (Å²) < 4.78 is 18.7. The second-order valence-electron chi connectivity index (χ2n) is 1.26. The van der Waals surface area contributed by atoms with Gasteiger partial charge in [-0.05, 0) is 0 Å². The first kappa shape index (κ1) is 8.87. The lowest BCUT2D eigenvalue weighted by atomic mass is 10.7. The summed E-state index contributed by atoms with van der Waals surface area (Å²) in [5, 5.41) is 7.99. The zero-order valence-electron chi connectivity index (χ0n) is 4.85. The molecule has 56 valence electrons. The minimum Gasteiger partial charge on any atom is -0.351 e. The smallest absolute Gasteiger partial charge is 0.329 e. The van der Waals surface area contributed by atoms with Crippen molar-refractivity contribution >= 4 is 17.3 Å². The highest BCUT2D eigenvalue weighted by Gasteiger charge is 2.13. The summed E-state index contributed by atoms with van der Waals surface area (Å²) in [7, 11) is 0. The first-order valence-corrected chi connectivity index (χ1v) is 3.21. The molecule has 0 spiro atoms. The topological polar surface area (TPSA) is 107 Å². The molecule has 0 saturated heterocycles. The number of hydrogen-bond acceptors (Lipinski definition) is 3. The Hall–Kier alpha value is -1.13. The van der Waals surface area contributed by atoms with Gasteiger partial charge in [0.1, 0.15) is 6.54 Å². The van der Waals surface area contributed by atoms with Crippen LogP contribution in [0.1, 0.15) is 0 Å². The molecule has 0 aromatic heterocycles. The number of carbonyl (C=O) groups excluding carboxylic acids is 1. The third-order valence-electron chi connectivity index (χ3n) is 0.649. The molecule has 0 radical (unpaired) electrons. The predicted molar refractivity (Wildman–Crippen MR) is 32.7 cm³/mol. The maximum Gasteiger partial charge on any atom is 0.329 e. The van der Waals surface area contributed by atoms with Crippen molar-refractivity contribution < 1.29 is 13.6 Å². The number of amides is 2. The number of nitriles is 1. The largest absolute Gasteiger partial charge is 0.351 e. The van der Waals surface area contributed by atoms with E-state index >= 15 is 0 Å². The molecule has 0 aliphatic carbocycles. The quantitative estimate of drug-likeness (QED) is 0.403. The molecule has 0 aromatic carbocycles. The van der Waals surface area contributed by atoms with Gasteiger partial charge in [0.2, 0.25) is 0 Å². The first-order valence-electron chi connectivity index (χ1n) is 2.14. The molecule has 0 rings (SSSR count). The molecular formula is C3H5N3O3S. The van der Waals surface area contributed by atoms with Gasteiger partial charge in [-0.15, -0.1) is 0 Å². The zero-order chi connectivity index (χ0) is 8.15. The molecular weight excluding hydrogens is 158 g/mol. The summed E-state index contributed by atoms with van der Waals surface area (Å²) >= 11 is -2.50. The summed E-state index contributed by atoms with van der Waals surface area (Å²) in [5.74, 6) is 0. The van der Waals surface area contributed by atoms with Crippen molar-refractivity contribution in [3.05, 3.63) is 0 Å². The summed E-state index contributed by atoms with van der Waals surface area (Å²) in [5.41, 5.74) is 4.61. The van der Waals surface area contributed by atoms with Crippen LogP contribution in [0.5, 0.6) is 0 Å². The molecule has 1 atom stereocenters. The van der Waals surface area contributed by atoms with E-state index in [0.717, 1.165) is 0 Å². The summed E-state index contributed by atoms with van der Waals surface area (Å²) in [6, 6.07) is 0.407. The molecule has 0 aliphatic rings. The van der Waals surface area contributed by atoms with Crippen LogP contribution in [-0.4, -0.2) is 25.6 Å². The molecule has 3 N–H and O–H groups in total. The molecule has 2 amide bonds. The van der Waals surface area contributed by atoms with Crippen molar-refractivity contribution in [1.82, 2.24) is 4.31 Å². The molecule has 0 saturated carbocycles. The van der Waals surface area contributed by atoms with Gasteiger partial charge in [-0.2, -0.15) is 5.26 Å². The van der Waals surface area contributed by atoms with Gasteiger partial charge < -0.3 is 5.73 Å². The third-order valence-corrected chi connectivity index (χ3v) is 1.33. The van der Waals surface area contributed by atoms with Gasteiger partial charge >= 0.3 is 6.03 Å². The van der Waals surface area contributed by atoms with Crippen LogP contribution in [0.2, 0.25) is 0 Å². The highest BCUT2D eigenvalue weighted by Crippen LogP contribution is 1.88. The van der Waals surface area contributed by atoms with E-state index < -0.39 is 23.8 Å². The molecule has 0 heterocycles. The predicted octanol–water partition coefficient (Wildman–Crippen LogP) is -0.973. The second kappa shape index (κ2) is 3.81. The summed E-state index contributed by atoms with van der Waals surface area (Å²) in [6.45, 7) is -0.488. The lowest BCUT2D eigenvalue weighted by molar-refractivity contribution is 0.234. The van der Waals surface area contributed by atoms with Crippen LogP contribution in [0.3, 0.4) is 0 Å². The SMILES string of the molecule is N#CCN(C(N)=O)S(=O)O. The van der Waals surface area contributed by atoms with E-state index in [1.54, 1.807) is 0 Å². The molecule has 0 aliphatic heterocycles. The fourth-order valence-corrected chi connectivity index (χ4v) is 0.596. The standard InChI is InChI=1S/C3H5N3O3S/c4-1-2-6(3(5)7)10(8)9/h2H2,(H2,5,7)(H,8,9). The fourth-order valence-electron chi connectivity index (χ4n) is 0.274. The van der Waals surface area contributed by atoms with Gasteiger partial charge in [0.05, 0.1) is 6.07 Å². The number of hydrogen-bond donors (Lipinski definition) is 2. The molecule has 7 heteroatoms. The van der Waals surface area contributed by atoms with Crippen molar-refractivity contribution in [3.8, 4) is 6.07 Å². The average Bonchev–Trinajstić information content (AvgIpc) is 1.81. The van der Waals surface area contributed by atoms with Gasteiger partial charge in [0.25, 0.3) is 11.3 Å². The van der Waals surface area contributed by atoms with E-state index in [0.29, 0.717) is 4.31 Å². The maximum absolute atomic E-state index is 10.2. The lowest BCUT2D eigenvalue weighted by Crippen LogP contribution is -2.37. The Kier molecular flexibility index (Phi) is 3.38. The van der Waals surface area contributed by atoms with Crippen LogP contribution in [0.4, 0.5) is 4.79 Å². The number of nitrogens with zero attached hydrogens (tertiary/aromatic N) is 2. The number of primary amides is 1. The highest BCUT2D eigenvalue weighted by atomic mass is 32.2. The number of nitrogens with two attached hydrogens (primary N) is 1. The highest BCUT2D eigenvalue weighted by molar-refractivity contribution is 7.77. The van der Waals surface area contributed by atoms with Crippen LogP contribution < -0.4 is 5.73 Å². The zero-order valence-corrected chi connectivity index (χ0v) is 5.67. The Morgan fingerprint density at radius 2 is 2.40 bits per heavy atom. The van der Waals surface area contributed by atoms with Crippen molar-refractivity contribution in [1.29, 1.82) is 5.26 Å². The van der Waals surface area contributed by atoms with Crippen molar-refractivity contribution in [3.63, 3.8) is 0 Å². The third kappa shape index (κ3) is 2.43. The summed E-state index contributed by atoms with van der Waals surface area (Å²) in [4.78, 5) is 10.2. The average molecular weight is 163 g/mol. The normalized spacial score (nSPS) is 11.6. The molecule has 0 aromatic rings. The van der Waals surface area contributed by atoms with Crippen LogP contribution in [0.15, 0.2) is 0 Å². The van der Waals surface area contributed by atoms with Crippen molar-refractivity contribution in [2.24, 2.45) is 5.73 Å². The van der Waals surface area contributed by atoms with E-state index in [4.69, 9.17) is 9.81 Å². The van der Waals surface area contributed by atoms with Gasteiger partial charge in [-0.1, -0.05) is 0 Å². The van der Waals surface area contributed by atoms with Crippen molar-refractivity contribution in [2.45, 2.75) is 0 Å². The van der Waals surface area contributed by atoms with Gasteiger partial charge in [0, 0.05) is 0 Å². The van der Waals surface area contributed by atoms with Crippen LogP contribution in [-0.2, 0) is 11.3 Å². The molecule has 1 unspecified atom stereocenters. The number of carbonyl (C=O) groups is 1. The number of rotatable bonds is 2. The van der Waals surface area contributed by atoms with Crippen LogP contribution in [0.25, 0.3) is 0 Å². The van der Waals surface area contributed by atoms with Crippen LogP contribution in [0, 0.1) is 11.3 Å². The Labute approximate surface area is 59.6 Å². The fraction of sp³-hybridized carbons (Fsp3) is 0.333. The lowest BCUT2D eigenvalue weighted by Gasteiger charge is -2.08. The van der Waals surface area contributed by atoms with Gasteiger partial charge in [-0.3, -0.25) is 4.55 Å². The minimum atomic E-state index is -2.50. The van der Waals surface area contributed by atoms with Gasteiger partial charge in [-0.25, -0.2) is 13.3 Å². The maximum atomic E-state index is 10.2. The van der Waals surface area contributed by atoms with E-state index in [9.17, 15) is 9.00 Å². The monoisotopic (exact) mass is 163 g/mol. The second-order valence-corrected chi connectivity index (χ2v) is 2.17. The van der Waals surface area contributed by atoms with E-state index in [-0.39, 0.29) is 0 Å². The Balaban J connectivity index is 4.15. The Morgan fingerprint density at radius 3 is 2.50 bits per heavy atom. The Morgan fingerprint density at radius 1 is 1.90 bits per heavy atom. The molecule has 10 heavy (non-hydrogen) atoms. The molecule has 0 bridgehead atoms.